The first-order valence-corrected chi connectivity index (χ1v) is 12.8. The molecule has 0 fully saturated rings. The second-order valence-corrected chi connectivity index (χ2v) is 9.84. The maximum atomic E-state index is 13.3. The zero-order valence-electron chi connectivity index (χ0n) is 23.9. The number of allylic oxidation sites excluding steroid dienone is 5. The third kappa shape index (κ3) is 8.17. The molecule has 0 spiro atoms. The van der Waals surface area contributed by atoms with Gasteiger partial charge in [-0.3, -0.25) is 19.2 Å². The maximum absolute atomic E-state index is 13.3. The van der Waals surface area contributed by atoms with Crippen LogP contribution < -0.4 is 11.1 Å². The van der Waals surface area contributed by atoms with E-state index in [-0.39, 0.29) is 29.2 Å². The summed E-state index contributed by atoms with van der Waals surface area (Å²) in [6.45, 7) is 6.77. The molecule has 0 aromatic carbocycles. The minimum atomic E-state index is -0.997. The number of amides is 2. The molecule has 2 aliphatic rings. The largest absolute Gasteiger partial charge is 0.439 e. The molecule has 0 saturated carbocycles. The molecule has 1 heterocycles. The number of carbonyl (C=O) groups excluding carboxylic acids is 5. The predicted molar refractivity (Wildman–Crippen MR) is 146 cm³/mol. The second-order valence-electron chi connectivity index (χ2n) is 9.84. The minimum absolute atomic E-state index is 0.168. The Labute approximate surface area is 234 Å². The van der Waals surface area contributed by atoms with Gasteiger partial charge in [0.25, 0.3) is 5.91 Å². The van der Waals surface area contributed by atoms with Crippen molar-refractivity contribution in [2.75, 3.05) is 21.3 Å². The molecule has 1 aliphatic heterocycles. The van der Waals surface area contributed by atoms with E-state index in [2.05, 4.69) is 5.32 Å². The molecule has 1 aliphatic carbocycles. The molecule has 0 aromatic rings. The number of nitrogens with two attached hydrogens (primary N) is 1. The molecule has 11 nitrogen and oxygen atoms in total. The highest BCUT2D eigenvalue weighted by molar-refractivity contribution is 6.33. The predicted octanol–water partition coefficient (Wildman–Crippen LogP) is 2.27. The second kappa shape index (κ2) is 14.6. The van der Waals surface area contributed by atoms with Crippen LogP contribution in [0.4, 0.5) is 4.79 Å². The molecule has 3 N–H and O–H groups in total. The van der Waals surface area contributed by atoms with Crippen LogP contribution in [0.1, 0.15) is 34.1 Å². The molecule has 2 rings (SSSR count). The Hall–Kier alpha value is -3.67. The molecular weight excluding hydrogens is 520 g/mol. The average molecular weight is 559 g/mol. The molecule has 0 radical (unpaired) electrons. The number of methoxy groups -OCH3 is 3. The van der Waals surface area contributed by atoms with E-state index in [1.165, 1.54) is 40.4 Å². The van der Waals surface area contributed by atoms with Crippen LogP contribution in [-0.4, -0.2) is 75.1 Å². The fourth-order valence-corrected chi connectivity index (χ4v) is 4.73. The number of ketones is 3. The van der Waals surface area contributed by atoms with Crippen molar-refractivity contribution >= 4 is 29.4 Å². The van der Waals surface area contributed by atoms with E-state index in [0.717, 1.165) is 12.2 Å². The van der Waals surface area contributed by atoms with Crippen molar-refractivity contribution in [1.29, 1.82) is 0 Å². The number of hydrogen-bond donors (Lipinski definition) is 2. The lowest BCUT2D eigenvalue weighted by molar-refractivity contribution is -0.126. The lowest BCUT2D eigenvalue weighted by atomic mass is 9.85. The summed E-state index contributed by atoms with van der Waals surface area (Å²) in [4.78, 5) is 63.3. The Balaban J connectivity index is 2.63. The molecule has 0 unspecified atom stereocenters. The monoisotopic (exact) mass is 558 g/mol. The van der Waals surface area contributed by atoms with Gasteiger partial charge in [0.05, 0.1) is 23.5 Å². The number of Topliss-reactive ketones (excluding diaryl/α,β-unsaturated/α-hetero) is 2. The van der Waals surface area contributed by atoms with Crippen molar-refractivity contribution in [2.45, 2.75) is 58.5 Å². The summed E-state index contributed by atoms with van der Waals surface area (Å²) in [5, 5.41) is 2.42. The zero-order valence-corrected chi connectivity index (χ0v) is 23.9. The standard InChI is InChI=1S/C29H38N2O9/c1-15-9-8-10-22(37-5)27(40-29(30)36)18(4)11-17(3)26(39-7)23(38-6)12-16(2)24(33)20-13-19(32)14-21(25(20)34)31-28(15)35/h8-11,13-14,16-17,22-23,26-27H,12H2,1-7H3,(H2,30,36)(H,31,35)/b10-8-,15-9+,18-11+/t16-,17-,22-,23-,26+,27-/m0/s1. The Kier molecular flexibility index (Phi) is 11.9. The van der Waals surface area contributed by atoms with Gasteiger partial charge < -0.3 is 30.0 Å². The summed E-state index contributed by atoms with van der Waals surface area (Å²) >= 11 is 0. The van der Waals surface area contributed by atoms with Gasteiger partial charge in [-0.25, -0.2) is 4.79 Å². The van der Waals surface area contributed by atoms with Gasteiger partial charge in [-0.15, -0.1) is 0 Å². The first-order chi connectivity index (χ1) is 18.8. The molecule has 2 amide bonds. The van der Waals surface area contributed by atoms with Gasteiger partial charge in [0.2, 0.25) is 5.78 Å². The lowest BCUT2D eigenvalue weighted by Gasteiger charge is -2.31. The molecule has 6 atom stereocenters. The van der Waals surface area contributed by atoms with Gasteiger partial charge in [0.15, 0.2) is 17.7 Å². The highest BCUT2D eigenvalue weighted by atomic mass is 16.6. The van der Waals surface area contributed by atoms with E-state index in [1.54, 1.807) is 19.9 Å². The van der Waals surface area contributed by atoms with Crippen molar-refractivity contribution in [3.8, 4) is 0 Å². The summed E-state index contributed by atoms with van der Waals surface area (Å²) in [5.74, 6) is -3.57. The average Bonchev–Trinajstić information content (AvgIpc) is 2.90. The van der Waals surface area contributed by atoms with Crippen LogP contribution in [-0.2, 0) is 38.1 Å². The van der Waals surface area contributed by atoms with E-state index in [1.807, 2.05) is 13.0 Å². The van der Waals surface area contributed by atoms with Crippen molar-refractivity contribution in [3.63, 3.8) is 0 Å². The number of hydrogen-bond acceptors (Lipinski definition) is 9. The van der Waals surface area contributed by atoms with Gasteiger partial charge in [-0.1, -0.05) is 38.2 Å². The Morgan fingerprint density at radius 2 is 1.68 bits per heavy atom. The number of ether oxygens (including phenoxy) is 4. The van der Waals surface area contributed by atoms with Crippen molar-refractivity contribution < 1.29 is 42.9 Å². The third-order valence-corrected chi connectivity index (χ3v) is 6.86. The Bertz CT molecular complexity index is 1180. The van der Waals surface area contributed by atoms with Gasteiger partial charge in [-0.05, 0) is 25.8 Å². The van der Waals surface area contributed by atoms with Gasteiger partial charge in [0, 0.05) is 50.9 Å². The van der Waals surface area contributed by atoms with E-state index in [0.29, 0.717) is 5.57 Å². The van der Waals surface area contributed by atoms with Crippen molar-refractivity contribution in [3.05, 3.63) is 58.9 Å². The molecule has 0 aromatic heterocycles. The van der Waals surface area contributed by atoms with Crippen LogP contribution in [0.2, 0.25) is 0 Å². The highest BCUT2D eigenvalue weighted by Crippen LogP contribution is 2.27. The molecule has 2 bridgehead atoms. The zero-order chi connectivity index (χ0) is 30.1. The van der Waals surface area contributed by atoms with E-state index in [4.69, 9.17) is 24.7 Å². The fraction of sp³-hybridized carbons (Fsp3) is 0.483. The maximum Gasteiger partial charge on any atom is 0.405 e. The van der Waals surface area contributed by atoms with Crippen molar-refractivity contribution in [1.82, 2.24) is 5.32 Å². The SMILES string of the molecule is CO[C@H]1[C@@H](OC)C[C@H](C)C(=O)C2=CC(=O)C=C(NC(=O)/C(C)=C/C=C\[C@H](OC)[C@@H](OC(N)=O)/C(C)=C/[C@@H]1C)C2=O. The molecule has 218 valence electrons. The number of rotatable bonds is 4. The highest BCUT2D eigenvalue weighted by Gasteiger charge is 2.35. The minimum Gasteiger partial charge on any atom is -0.439 e. The lowest BCUT2D eigenvalue weighted by Crippen LogP contribution is -2.39. The normalized spacial score (nSPS) is 32.6. The van der Waals surface area contributed by atoms with Crippen LogP contribution in [0.15, 0.2) is 58.9 Å². The summed E-state index contributed by atoms with van der Waals surface area (Å²) < 4.78 is 22.4. The molecule has 11 heteroatoms. The van der Waals surface area contributed by atoms with Crippen LogP contribution in [0.25, 0.3) is 0 Å². The van der Waals surface area contributed by atoms with Crippen LogP contribution in [0.3, 0.4) is 0 Å². The third-order valence-electron chi connectivity index (χ3n) is 6.86. The van der Waals surface area contributed by atoms with Gasteiger partial charge in [0.1, 0.15) is 6.10 Å². The summed E-state index contributed by atoms with van der Waals surface area (Å²) in [6.07, 6.45) is 4.76. The summed E-state index contributed by atoms with van der Waals surface area (Å²) in [7, 11) is 4.43. The van der Waals surface area contributed by atoms with Gasteiger partial charge >= 0.3 is 6.09 Å². The first kappa shape index (κ1) is 32.5. The van der Waals surface area contributed by atoms with Gasteiger partial charge in [-0.2, -0.15) is 0 Å². The van der Waals surface area contributed by atoms with Crippen LogP contribution in [0.5, 0.6) is 0 Å². The quantitative estimate of drug-likeness (QED) is 0.300. The summed E-state index contributed by atoms with van der Waals surface area (Å²) in [6, 6.07) is 0. The van der Waals surface area contributed by atoms with E-state index < -0.39 is 59.7 Å². The smallest absolute Gasteiger partial charge is 0.405 e. The molecule has 0 saturated heterocycles. The number of carbonyl (C=O) groups is 5. The number of primary amides is 1. The van der Waals surface area contributed by atoms with Crippen LogP contribution >= 0.6 is 0 Å². The van der Waals surface area contributed by atoms with E-state index in [9.17, 15) is 24.0 Å². The topological polar surface area (TPSA) is 160 Å². The first-order valence-electron chi connectivity index (χ1n) is 12.8. The Morgan fingerprint density at radius 3 is 2.25 bits per heavy atom. The van der Waals surface area contributed by atoms with Crippen LogP contribution in [0, 0.1) is 11.8 Å². The fourth-order valence-electron chi connectivity index (χ4n) is 4.73. The summed E-state index contributed by atoms with van der Waals surface area (Å²) in [5.41, 5.74) is 5.56. The molecular formula is C29H38N2O9. The van der Waals surface area contributed by atoms with Crippen molar-refractivity contribution in [2.24, 2.45) is 17.6 Å². The number of fused-ring (bicyclic) bond motifs is 2. The molecule has 40 heavy (non-hydrogen) atoms. The van der Waals surface area contributed by atoms with E-state index >= 15 is 0 Å². The number of nitrogens with one attached hydrogen (secondary N) is 1. The Morgan fingerprint density at radius 1 is 1.00 bits per heavy atom.